The second kappa shape index (κ2) is 8.28. The Morgan fingerprint density at radius 1 is 1.26 bits per heavy atom. The molecule has 0 spiro atoms. The summed E-state index contributed by atoms with van der Waals surface area (Å²) in [5, 5.41) is 3.47. The SMILES string of the molecule is CN(CCCNCc1ccccn1)C1CCCCC1. The van der Waals surface area contributed by atoms with E-state index in [1.807, 2.05) is 18.3 Å². The smallest absolute Gasteiger partial charge is 0.0541 e. The Balaban J connectivity index is 1.54. The van der Waals surface area contributed by atoms with Gasteiger partial charge in [0.2, 0.25) is 0 Å². The quantitative estimate of drug-likeness (QED) is 0.765. The zero-order valence-corrected chi connectivity index (χ0v) is 12.1. The maximum Gasteiger partial charge on any atom is 0.0541 e. The standard InChI is InChI=1S/C16H27N3/c1-19(16-9-3-2-4-10-16)13-7-11-17-14-15-8-5-6-12-18-15/h5-6,8,12,16-17H,2-4,7,9-11,13-14H2,1H3. The average molecular weight is 261 g/mol. The highest BCUT2D eigenvalue weighted by Crippen LogP contribution is 2.21. The summed E-state index contributed by atoms with van der Waals surface area (Å²) in [5.41, 5.74) is 1.13. The predicted octanol–water partition coefficient (Wildman–Crippen LogP) is 2.83. The molecule has 0 unspecified atom stereocenters. The second-order valence-electron chi connectivity index (χ2n) is 5.62. The van der Waals surface area contributed by atoms with Crippen LogP contribution in [0.5, 0.6) is 0 Å². The fourth-order valence-corrected chi connectivity index (χ4v) is 2.88. The molecule has 3 heteroatoms. The molecule has 1 N–H and O–H groups in total. The van der Waals surface area contributed by atoms with Crippen LogP contribution in [-0.4, -0.2) is 36.1 Å². The van der Waals surface area contributed by atoms with Crippen LogP contribution < -0.4 is 5.32 Å². The van der Waals surface area contributed by atoms with E-state index in [-0.39, 0.29) is 0 Å². The maximum atomic E-state index is 4.31. The highest BCUT2D eigenvalue weighted by molar-refractivity contribution is 5.02. The van der Waals surface area contributed by atoms with Gasteiger partial charge in [-0.05, 0) is 51.5 Å². The number of pyridine rings is 1. The summed E-state index contributed by atoms with van der Waals surface area (Å²) in [6.45, 7) is 3.17. The van der Waals surface area contributed by atoms with Crippen molar-refractivity contribution in [2.45, 2.75) is 51.1 Å². The molecule has 0 aliphatic heterocycles. The third-order valence-corrected chi connectivity index (χ3v) is 4.09. The molecule has 1 aromatic rings. The van der Waals surface area contributed by atoms with E-state index in [0.717, 1.165) is 24.8 Å². The topological polar surface area (TPSA) is 28.2 Å². The van der Waals surface area contributed by atoms with Crippen molar-refractivity contribution in [3.05, 3.63) is 30.1 Å². The van der Waals surface area contributed by atoms with E-state index in [4.69, 9.17) is 0 Å². The van der Waals surface area contributed by atoms with Gasteiger partial charge in [0.15, 0.2) is 0 Å². The number of hydrogen-bond donors (Lipinski definition) is 1. The highest BCUT2D eigenvalue weighted by atomic mass is 15.1. The van der Waals surface area contributed by atoms with Crippen LogP contribution in [0.3, 0.4) is 0 Å². The fraction of sp³-hybridized carbons (Fsp3) is 0.688. The van der Waals surface area contributed by atoms with Gasteiger partial charge >= 0.3 is 0 Å². The van der Waals surface area contributed by atoms with Crippen molar-refractivity contribution in [2.24, 2.45) is 0 Å². The van der Waals surface area contributed by atoms with Crippen LogP contribution >= 0.6 is 0 Å². The van der Waals surface area contributed by atoms with E-state index in [0.29, 0.717) is 0 Å². The Hall–Kier alpha value is -0.930. The Morgan fingerprint density at radius 2 is 2.11 bits per heavy atom. The minimum absolute atomic E-state index is 0.838. The average Bonchev–Trinajstić information content (AvgIpc) is 2.49. The van der Waals surface area contributed by atoms with Crippen LogP contribution in [0.4, 0.5) is 0 Å². The lowest BCUT2D eigenvalue weighted by Crippen LogP contribution is -2.35. The first kappa shape index (κ1) is 14.5. The van der Waals surface area contributed by atoms with E-state index < -0.39 is 0 Å². The molecule has 106 valence electrons. The minimum atomic E-state index is 0.838. The Morgan fingerprint density at radius 3 is 2.84 bits per heavy atom. The van der Waals surface area contributed by atoms with E-state index in [9.17, 15) is 0 Å². The van der Waals surface area contributed by atoms with Gasteiger partial charge in [0.1, 0.15) is 0 Å². The van der Waals surface area contributed by atoms with Crippen LogP contribution in [0.25, 0.3) is 0 Å². The Bertz CT molecular complexity index is 333. The molecule has 0 aromatic carbocycles. The van der Waals surface area contributed by atoms with E-state index in [1.54, 1.807) is 0 Å². The molecule has 1 fully saturated rings. The summed E-state index contributed by atoms with van der Waals surface area (Å²) in [7, 11) is 2.29. The molecule has 19 heavy (non-hydrogen) atoms. The lowest BCUT2D eigenvalue weighted by molar-refractivity contribution is 0.189. The third-order valence-electron chi connectivity index (χ3n) is 4.09. The van der Waals surface area contributed by atoms with Gasteiger partial charge in [-0.3, -0.25) is 4.98 Å². The molecule has 1 aliphatic rings. The van der Waals surface area contributed by atoms with Crippen LogP contribution in [0.1, 0.15) is 44.2 Å². The summed E-state index contributed by atoms with van der Waals surface area (Å²) in [5.74, 6) is 0. The van der Waals surface area contributed by atoms with Gasteiger partial charge in [-0.25, -0.2) is 0 Å². The van der Waals surface area contributed by atoms with Gasteiger partial charge < -0.3 is 10.2 Å². The molecule has 1 aromatic heterocycles. The van der Waals surface area contributed by atoms with Crippen molar-refractivity contribution < 1.29 is 0 Å². The monoisotopic (exact) mass is 261 g/mol. The summed E-state index contributed by atoms with van der Waals surface area (Å²) < 4.78 is 0. The normalized spacial score (nSPS) is 16.9. The highest BCUT2D eigenvalue weighted by Gasteiger charge is 2.16. The number of aromatic nitrogens is 1. The van der Waals surface area contributed by atoms with Gasteiger partial charge in [0.05, 0.1) is 5.69 Å². The summed E-state index contributed by atoms with van der Waals surface area (Å²) in [6.07, 6.45) is 10.2. The van der Waals surface area contributed by atoms with Gasteiger partial charge in [-0.2, -0.15) is 0 Å². The van der Waals surface area contributed by atoms with Gasteiger partial charge in [-0.1, -0.05) is 25.3 Å². The third kappa shape index (κ3) is 5.29. The molecule has 2 rings (SSSR count). The number of rotatable bonds is 7. The second-order valence-corrected chi connectivity index (χ2v) is 5.62. The van der Waals surface area contributed by atoms with Crippen LogP contribution in [0.15, 0.2) is 24.4 Å². The lowest BCUT2D eigenvalue weighted by atomic mass is 9.94. The summed E-state index contributed by atoms with van der Waals surface area (Å²) in [6, 6.07) is 6.91. The first-order valence-corrected chi connectivity index (χ1v) is 7.67. The maximum absolute atomic E-state index is 4.31. The van der Waals surface area contributed by atoms with E-state index in [2.05, 4.69) is 28.3 Å². The molecule has 0 atom stereocenters. The predicted molar refractivity (Wildman–Crippen MR) is 80.1 cm³/mol. The van der Waals surface area contributed by atoms with Crippen molar-refractivity contribution in [1.29, 1.82) is 0 Å². The van der Waals surface area contributed by atoms with Gasteiger partial charge in [-0.15, -0.1) is 0 Å². The molecule has 1 aliphatic carbocycles. The van der Waals surface area contributed by atoms with Gasteiger partial charge in [0, 0.05) is 18.8 Å². The zero-order chi connectivity index (χ0) is 13.3. The molecule has 0 amide bonds. The number of hydrogen-bond acceptors (Lipinski definition) is 3. The minimum Gasteiger partial charge on any atom is -0.311 e. The number of nitrogens with zero attached hydrogens (tertiary/aromatic N) is 2. The summed E-state index contributed by atoms with van der Waals surface area (Å²) in [4.78, 5) is 6.87. The van der Waals surface area contributed by atoms with Crippen molar-refractivity contribution in [2.75, 3.05) is 20.1 Å². The van der Waals surface area contributed by atoms with E-state index >= 15 is 0 Å². The fourth-order valence-electron chi connectivity index (χ4n) is 2.88. The van der Waals surface area contributed by atoms with Crippen molar-refractivity contribution in [3.63, 3.8) is 0 Å². The Kier molecular flexibility index (Phi) is 6.31. The first-order valence-electron chi connectivity index (χ1n) is 7.67. The van der Waals surface area contributed by atoms with E-state index in [1.165, 1.54) is 45.1 Å². The molecular formula is C16H27N3. The van der Waals surface area contributed by atoms with Crippen molar-refractivity contribution in [3.8, 4) is 0 Å². The van der Waals surface area contributed by atoms with Crippen molar-refractivity contribution >= 4 is 0 Å². The Labute approximate surface area is 117 Å². The van der Waals surface area contributed by atoms with Crippen LogP contribution in [-0.2, 0) is 6.54 Å². The summed E-state index contributed by atoms with van der Waals surface area (Å²) >= 11 is 0. The molecule has 3 nitrogen and oxygen atoms in total. The van der Waals surface area contributed by atoms with Gasteiger partial charge in [0.25, 0.3) is 0 Å². The molecule has 0 bridgehead atoms. The molecule has 1 heterocycles. The molecule has 0 saturated heterocycles. The zero-order valence-electron chi connectivity index (χ0n) is 12.1. The largest absolute Gasteiger partial charge is 0.311 e. The van der Waals surface area contributed by atoms with Crippen molar-refractivity contribution in [1.82, 2.24) is 15.2 Å². The molecule has 0 radical (unpaired) electrons. The number of nitrogens with one attached hydrogen (secondary N) is 1. The molecule has 1 saturated carbocycles. The van der Waals surface area contributed by atoms with Crippen LogP contribution in [0, 0.1) is 0 Å². The molecular weight excluding hydrogens is 234 g/mol. The van der Waals surface area contributed by atoms with Crippen LogP contribution in [0.2, 0.25) is 0 Å². The first-order chi connectivity index (χ1) is 9.36. The lowest BCUT2D eigenvalue weighted by Gasteiger charge is -2.31.